The molecule has 0 aromatic heterocycles. The zero-order valence-electron chi connectivity index (χ0n) is 9.40. The Morgan fingerprint density at radius 1 is 1.44 bits per heavy atom. The summed E-state index contributed by atoms with van der Waals surface area (Å²) >= 11 is 7.98. The fourth-order valence-corrected chi connectivity index (χ4v) is 2.10. The smallest absolute Gasteiger partial charge is 0.161 e. The van der Waals surface area contributed by atoms with Crippen LogP contribution in [0.4, 0.5) is 10.1 Å². The van der Waals surface area contributed by atoms with E-state index in [0.29, 0.717) is 15.7 Å². The molecule has 1 aromatic carbocycles. The van der Waals surface area contributed by atoms with Crippen LogP contribution in [0.2, 0.25) is 0 Å². The fourth-order valence-electron chi connectivity index (χ4n) is 1.24. The highest BCUT2D eigenvalue weighted by molar-refractivity contribution is 9.10. The van der Waals surface area contributed by atoms with Gasteiger partial charge in [0.2, 0.25) is 0 Å². The molecule has 0 saturated heterocycles. The average molecular weight is 305 g/mol. The first-order chi connectivity index (χ1) is 7.22. The highest BCUT2D eigenvalue weighted by Crippen LogP contribution is 2.28. The van der Waals surface area contributed by atoms with Crippen LogP contribution in [-0.4, -0.2) is 10.5 Å². The van der Waals surface area contributed by atoms with Crippen molar-refractivity contribution in [1.29, 1.82) is 0 Å². The van der Waals surface area contributed by atoms with Crippen LogP contribution in [0.25, 0.3) is 0 Å². The Kier molecular flexibility index (Phi) is 3.91. The van der Waals surface area contributed by atoms with Gasteiger partial charge in [0.05, 0.1) is 10.2 Å². The summed E-state index contributed by atoms with van der Waals surface area (Å²) < 4.78 is 14.2. The number of nitrogens with one attached hydrogen (secondary N) is 1. The van der Waals surface area contributed by atoms with Crippen molar-refractivity contribution in [1.82, 2.24) is 0 Å². The van der Waals surface area contributed by atoms with Gasteiger partial charge in [-0.1, -0.05) is 12.2 Å². The van der Waals surface area contributed by atoms with E-state index in [1.807, 2.05) is 20.8 Å². The minimum atomic E-state index is -0.375. The average Bonchev–Trinajstić information content (AvgIpc) is 2.10. The van der Waals surface area contributed by atoms with Crippen molar-refractivity contribution in [2.45, 2.75) is 26.3 Å². The SMILES string of the molecule is CC(C)(C)Nc1ccc(C(N)=S)c(Br)c1F. The van der Waals surface area contributed by atoms with E-state index in [0.717, 1.165) is 0 Å². The lowest BCUT2D eigenvalue weighted by molar-refractivity contribution is 0.594. The van der Waals surface area contributed by atoms with Crippen molar-refractivity contribution < 1.29 is 4.39 Å². The summed E-state index contributed by atoms with van der Waals surface area (Å²) in [6.45, 7) is 5.88. The molecular weight excluding hydrogens is 291 g/mol. The Bertz CT molecular complexity index is 427. The van der Waals surface area contributed by atoms with E-state index in [1.165, 1.54) is 0 Å². The number of nitrogens with two attached hydrogens (primary N) is 1. The van der Waals surface area contributed by atoms with Gasteiger partial charge >= 0.3 is 0 Å². The van der Waals surface area contributed by atoms with E-state index >= 15 is 0 Å². The topological polar surface area (TPSA) is 38.0 Å². The Labute approximate surface area is 109 Å². The zero-order chi connectivity index (χ0) is 12.5. The van der Waals surface area contributed by atoms with Crippen LogP contribution >= 0.6 is 28.1 Å². The quantitative estimate of drug-likeness (QED) is 0.822. The lowest BCUT2D eigenvalue weighted by Crippen LogP contribution is -2.27. The molecule has 0 bridgehead atoms. The molecule has 0 atom stereocenters. The van der Waals surface area contributed by atoms with Gasteiger partial charge in [-0.05, 0) is 48.8 Å². The Morgan fingerprint density at radius 3 is 2.44 bits per heavy atom. The van der Waals surface area contributed by atoms with Gasteiger partial charge in [-0.3, -0.25) is 0 Å². The first-order valence-corrected chi connectivity index (χ1v) is 5.98. The molecule has 1 rings (SSSR count). The van der Waals surface area contributed by atoms with Crippen molar-refractivity contribution in [2.24, 2.45) is 5.73 Å². The molecule has 0 aliphatic heterocycles. The molecule has 0 spiro atoms. The largest absolute Gasteiger partial charge is 0.389 e. The van der Waals surface area contributed by atoms with Crippen molar-refractivity contribution in [3.05, 3.63) is 28.0 Å². The number of hydrogen-bond acceptors (Lipinski definition) is 2. The second-order valence-corrected chi connectivity index (χ2v) is 5.76. The van der Waals surface area contributed by atoms with Gasteiger partial charge in [0.15, 0.2) is 5.82 Å². The van der Waals surface area contributed by atoms with E-state index in [4.69, 9.17) is 18.0 Å². The lowest BCUT2D eigenvalue weighted by Gasteiger charge is -2.23. The molecule has 0 aliphatic carbocycles. The van der Waals surface area contributed by atoms with Crippen molar-refractivity contribution in [3.8, 4) is 0 Å². The van der Waals surface area contributed by atoms with E-state index in [-0.39, 0.29) is 16.3 Å². The van der Waals surface area contributed by atoms with Crippen LogP contribution in [0.3, 0.4) is 0 Å². The van der Waals surface area contributed by atoms with E-state index in [9.17, 15) is 4.39 Å². The molecule has 0 radical (unpaired) electrons. The summed E-state index contributed by atoms with van der Waals surface area (Å²) in [4.78, 5) is 0.174. The van der Waals surface area contributed by atoms with Gasteiger partial charge in [0.1, 0.15) is 4.99 Å². The summed E-state index contributed by atoms with van der Waals surface area (Å²) in [5, 5.41) is 3.07. The molecule has 0 aliphatic rings. The van der Waals surface area contributed by atoms with Crippen LogP contribution in [0.15, 0.2) is 16.6 Å². The summed E-state index contributed by atoms with van der Waals surface area (Å²) in [5.74, 6) is -0.375. The summed E-state index contributed by atoms with van der Waals surface area (Å²) in [5.41, 5.74) is 6.21. The number of benzene rings is 1. The maximum Gasteiger partial charge on any atom is 0.161 e. The van der Waals surface area contributed by atoms with Crippen LogP contribution in [0, 0.1) is 5.82 Å². The summed E-state index contributed by atoms with van der Waals surface area (Å²) in [7, 11) is 0. The molecule has 5 heteroatoms. The second-order valence-electron chi connectivity index (χ2n) is 4.53. The molecule has 16 heavy (non-hydrogen) atoms. The van der Waals surface area contributed by atoms with Crippen molar-refractivity contribution >= 4 is 38.8 Å². The molecule has 0 amide bonds. The Balaban J connectivity index is 3.17. The molecule has 2 nitrogen and oxygen atoms in total. The number of thiocarbonyl (C=S) groups is 1. The molecule has 0 fully saturated rings. The zero-order valence-corrected chi connectivity index (χ0v) is 11.8. The maximum atomic E-state index is 13.9. The van der Waals surface area contributed by atoms with Gasteiger partial charge < -0.3 is 11.1 Å². The number of anilines is 1. The molecule has 1 aromatic rings. The minimum Gasteiger partial charge on any atom is -0.389 e. The van der Waals surface area contributed by atoms with Crippen molar-refractivity contribution in [2.75, 3.05) is 5.32 Å². The molecule has 0 heterocycles. The fraction of sp³-hybridized carbons (Fsp3) is 0.364. The third kappa shape index (κ3) is 3.15. The monoisotopic (exact) mass is 304 g/mol. The first-order valence-electron chi connectivity index (χ1n) is 4.78. The molecule has 88 valence electrons. The molecule has 0 saturated carbocycles. The van der Waals surface area contributed by atoms with Gasteiger partial charge in [-0.15, -0.1) is 0 Å². The summed E-state index contributed by atoms with van der Waals surface area (Å²) in [6.07, 6.45) is 0. The normalized spacial score (nSPS) is 11.3. The van der Waals surface area contributed by atoms with Gasteiger partial charge in [0.25, 0.3) is 0 Å². The van der Waals surface area contributed by atoms with Gasteiger partial charge in [-0.25, -0.2) is 4.39 Å². The third-order valence-corrected chi connectivity index (χ3v) is 2.85. The maximum absolute atomic E-state index is 13.9. The predicted octanol–water partition coefficient (Wildman–Crippen LogP) is 3.43. The van der Waals surface area contributed by atoms with Gasteiger partial charge in [0, 0.05) is 11.1 Å². The number of rotatable bonds is 2. The summed E-state index contributed by atoms with van der Waals surface area (Å²) in [6, 6.07) is 3.34. The Hall–Kier alpha value is -0.680. The molecule has 3 N–H and O–H groups in total. The van der Waals surface area contributed by atoms with E-state index in [2.05, 4.69) is 21.2 Å². The van der Waals surface area contributed by atoms with Crippen LogP contribution < -0.4 is 11.1 Å². The first kappa shape index (κ1) is 13.4. The lowest BCUT2D eigenvalue weighted by atomic mass is 10.1. The highest BCUT2D eigenvalue weighted by atomic mass is 79.9. The van der Waals surface area contributed by atoms with Crippen molar-refractivity contribution in [3.63, 3.8) is 0 Å². The third-order valence-electron chi connectivity index (χ3n) is 1.86. The molecule has 0 unspecified atom stereocenters. The van der Waals surface area contributed by atoms with Gasteiger partial charge in [-0.2, -0.15) is 0 Å². The molecular formula is C11H14BrFN2S. The number of halogens is 2. The Morgan fingerprint density at radius 2 is 2.00 bits per heavy atom. The van der Waals surface area contributed by atoms with Crippen LogP contribution in [-0.2, 0) is 0 Å². The second kappa shape index (κ2) is 4.67. The predicted molar refractivity (Wildman–Crippen MR) is 73.4 cm³/mol. The minimum absolute atomic E-state index is 0.174. The number of hydrogen-bond donors (Lipinski definition) is 2. The highest BCUT2D eigenvalue weighted by Gasteiger charge is 2.16. The standard InChI is InChI=1S/C11H14BrFN2S/c1-11(2,3)15-7-5-4-6(10(14)16)8(12)9(7)13/h4-5,15H,1-3H3,(H2,14,16). The van der Waals surface area contributed by atoms with Crippen LogP contribution in [0.5, 0.6) is 0 Å². The van der Waals surface area contributed by atoms with E-state index < -0.39 is 0 Å². The van der Waals surface area contributed by atoms with Crippen LogP contribution in [0.1, 0.15) is 26.3 Å². The van der Waals surface area contributed by atoms with E-state index in [1.54, 1.807) is 12.1 Å².